The van der Waals surface area contributed by atoms with Crippen LogP contribution in [-0.4, -0.2) is 5.78 Å². The molecule has 0 amide bonds. The highest BCUT2D eigenvalue weighted by Gasteiger charge is 2.10. The van der Waals surface area contributed by atoms with Crippen LogP contribution in [0.15, 0.2) is 53.0 Å². The first-order chi connectivity index (χ1) is 8.70. The van der Waals surface area contributed by atoms with Crippen molar-refractivity contribution < 1.29 is 4.79 Å². The Hall–Kier alpha value is -1.41. The van der Waals surface area contributed by atoms with Crippen molar-refractivity contribution >= 4 is 21.7 Å². The fourth-order valence-corrected chi connectivity index (χ4v) is 2.25. The van der Waals surface area contributed by atoms with E-state index in [-0.39, 0.29) is 5.78 Å². The molecule has 2 aromatic carbocycles. The van der Waals surface area contributed by atoms with Crippen molar-refractivity contribution in [2.24, 2.45) is 0 Å². The number of ketones is 1. The Kier molecular flexibility index (Phi) is 4.32. The summed E-state index contributed by atoms with van der Waals surface area (Å²) in [5.41, 5.74) is 3.02. The second kappa shape index (κ2) is 5.96. The lowest BCUT2D eigenvalue weighted by molar-refractivity contribution is 0.0992. The predicted molar refractivity (Wildman–Crippen MR) is 78.0 cm³/mol. The third-order valence-electron chi connectivity index (χ3n) is 2.98. The molecular weight excluding hydrogens is 288 g/mol. The normalized spacial score (nSPS) is 10.3. The molecule has 1 nitrogen and oxygen atoms in total. The van der Waals surface area contributed by atoms with Crippen molar-refractivity contribution in [3.8, 4) is 0 Å². The van der Waals surface area contributed by atoms with E-state index in [1.807, 2.05) is 48.5 Å². The Balaban J connectivity index is 2.19. The highest BCUT2D eigenvalue weighted by atomic mass is 79.9. The first-order valence-corrected chi connectivity index (χ1v) is 6.85. The molecule has 0 spiro atoms. The molecule has 2 aromatic rings. The number of aryl methyl sites for hydroxylation is 1. The van der Waals surface area contributed by atoms with Gasteiger partial charge in [-0.3, -0.25) is 4.79 Å². The van der Waals surface area contributed by atoms with Crippen LogP contribution < -0.4 is 0 Å². The minimum absolute atomic E-state index is 0.190. The standard InChI is InChI=1S/C16H15BrO/c1-2-13-5-3-4-6-15(13)16(18)11-12-7-9-14(17)10-8-12/h3-10H,2,11H2,1H3. The molecule has 2 rings (SSSR count). The van der Waals surface area contributed by atoms with Gasteiger partial charge in [-0.15, -0.1) is 0 Å². The fraction of sp³-hybridized carbons (Fsp3) is 0.188. The maximum absolute atomic E-state index is 12.3. The molecule has 0 unspecified atom stereocenters. The lowest BCUT2D eigenvalue weighted by Gasteiger charge is -2.06. The summed E-state index contributed by atoms with van der Waals surface area (Å²) in [4.78, 5) is 12.3. The number of halogens is 1. The second-order valence-corrected chi connectivity index (χ2v) is 5.15. The van der Waals surface area contributed by atoms with E-state index in [0.29, 0.717) is 6.42 Å². The minimum Gasteiger partial charge on any atom is -0.294 e. The molecule has 92 valence electrons. The number of hydrogen-bond donors (Lipinski definition) is 0. The molecule has 0 aliphatic rings. The van der Waals surface area contributed by atoms with Crippen LogP contribution in [0.5, 0.6) is 0 Å². The zero-order valence-corrected chi connectivity index (χ0v) is 11.9. The van der Waals surface area contributed by atoms with Gasteiger partial charge in [-0.2, -0.15) is 0 Å². The SMILES string of the molecule is CCc1ccccc1C(=O)Cc1ccc(Br)cc1. The Bertz CT molecular complexity index is 543. The molecule has 0 radical (unpaired) electrons. The van der Waals surface area contributed by atoms with Gasteiger partial charge < -0.3 is 0 Å². The van der Waals surface area contributed by atoms with Gasteiger partial charge >= 0.3 is 0 Å². The van der Waals surface area contributed by atoms with Crippen LogP contribution in [0.1, 0.15) is 28.4 Å². The zero-order chi connectivity index (χ0) is 13.0. The van der Waals surface area contributed by atoms with Crippen LogP contribution in [-0.2, 0) is 12.8 Å². The van der Waals surface area contributed by atoms with Crippen molar-refractivity contribution in [2.45, 2.75) is 19.8 Å². The van der Waals surface area contributed by atoms with Gasteiger partial charge in [0.2, 0.25) is 0 Å². The van der Waals surface area contributed by atoms with E-state index in [0.717, 1.165) is 27.6 Å². The van der Waals surface area contributed by atoms with Crippen molar-refractivity contribution in [1.29, 1.82) is 0 Å². The maximum Gasteiger partial charge on any atom is 0.167 e. The smallest absolute Gasteiger partial charge is 0.167 e. The second-order valence-electron chi connectivity index (χ2n) is 4.24. The highest BCUT2D eigenvalue weighted by molar-refractivity contribution is 9.10. The molecule has 18 heavy (non-hydrogen) atoms. The molecule has 0 heterocycles. The van der Waals surface area contributed by atoms with Crippen molar-refractivity contribution in [2.75, 3.05) is 0 Å². The van der Waals surface area contributed by atoms with Gasteiger partial charge in [0.15, 0.2) is 5.78 Å². The van der Waals surface area contributed by atoms with Crippen molar-refractivity contribution in [1.82, 2.24) is 0 Å². The van der Waals surface area contributed by atoms with Gasteiger partial charge in [-0.25, -0.2) is 0 Å². The lowest BCUT2D eigenvalue weighted by Crippen LogP contribution is -2.06. The van der Waals surface area contributed by atoms with Crippen LogP contribution >= 0.6 is 15.9 Å². The lowest BCUT2D eigenvalue weighted by atomic mass is 9.97. The fourth-order valence-electron chi connectivity index (χ4n) is 1.98. The summed E-state index contributed by atoms with van der Waals surface area (Å²) < 4.78 is 1.03. The Morgan fingerprint density at radius 1 is 1.06 bits per heavy atom. The van der Waals surface area contributed by atoms with Gasteiger partial charge in [0.25, 0.3) is 0 Å². The summed E-state index contributed by atoms with van der Waals surface area (Å²) >= 11 is 3.39. The predicted octanol–water partition coefficient (Wildman–Crippen LogP) is 4.44. The van der Waals surface area contributed by atoms with Gasteiger partial charge in [0, 0.05) is 16.5 Å². The molecule has 0 bridgehead atoms. The molecule has 0 aromatic heterocycles. The Morgan fingerprint density at radius 3 is 2.39 bits per heavy atom. The average Bonchev–Trinajstić information content (AvgIpc) is 2.41. The molecule has 0 atom stereocenters. The zero-order valence-electron chi connectivity index (χ0n) is 10.3. The Morgan fingerprint density at radius 2 is 1.72 bits per heavy atom. The number of rotatable bonds is 4. The number of Topliss-reactive ketones (excluding diaryl/α,β-unsaturated/α-hetero) is 1. The monoisotopic (exact) mass is 302 g/mol. The van der Waals surface area contributed by atoms with Crippen LogP contribution in [0.25, 0.3) is 0 Å². The number of carbonyl (C=O) groups is 1. The van der Waals surface area contributed by atoms with E-state index >= 15 is 0 Å². The third kappa shape index (κ3) is 3.08. The molecule has 2 heteroatoms. The molecule has 0 N–H and O–H groups in total. The van der Waals surface area contributed by atoms with Crippen molar-refractivity contribution in [3.63, 3.8) is 0 Å². The first-order valence-electron chi connectivity index (χ1n) is 6.06. The minimum atomic E-state index is 0.190. The quantitative estimate of drug-likeness (QED) is 0.763. The molecular formula is C16H15BrO. The van der Waals surface area contributed by atoms with Crippen LogP contribution in [0, 0.1) is 0 Å². The maximum atomic E-state index is 12.3. The van der Waals surface area contributed by atoms with Crippen LogP contribution in [0.4, 0.5) is 0 Å². The third-order valence-corrected chi connectivity index (χ3v) is 3.51. The first kappa shape index (κ1) is 13.0. The summed E-state index contributed by atoms with van der Waals surface area (Å²) in [5, 5.41) is 0. The highest BCUT2D eigenvalue weighted by Crippen LogP contribution is 2.15. The summed E-state index contributed by atoms with van der Waals surface area (Å²) in [5.74, 6) is 0.190. The van der Waals surface area contributed by atoms with E-state index in [1.165, 1.54) is 0 Å². The van der Waals surface area contributed by atoms with E-state index in [4.69, 9.17) is 0 Å². The van der Waals surface area contributed by atoms with Crippen molar-refractivity contribution in [3.05, 3.63) is 69.7 Å². The van der Waals surface area contributed by atoms with E-state index < -0.39 is 0 Å². The molecule has 0 aliphatic carbocycles. The van der Waals surface area contributed by atoms with Crippen LogP contribution in [0.2, 0.25) is 0 Å². The van der Waals surface area contributed by atoms with Gasteiger partial charge in [0.1, 0.15) is 0 Å². The molecule has 0 aliphatic heterocycles. The van der Waals surface area contributed by atoms with Crippen LogP contribution in [0.3, 0.4) is 0 Å². The molecule has 0 fully saturated rings. The van der Waals surface area contributed by atoms with E-state index in [1.54, 1.807) is 0 Å². The topological polar surface area (TPSA) is 17.1 Å². The molecule has 0 saturated carbocycles. The van der Waals surface area contributed by atoms with E-state index in [9.17, 15) is 4.79 Å². The summed E-state index contributed by atoms with van der Waals surface area (Å²) in [6.45, 7) is 2.08. The summed E-state index contributed by atoms with van der Waals surface area (Å²) in [6, 6.07) is 15.7. The number of carbonyl (C=O) groups excluding carboxylic acids is 1. The summed E-state index contributed by atoms with van der Waals surface area (Å²) in [6.07, 6.45) is 1.35. The average molecular weight is 303 g/mol. The molecule has 0 saturated heterocycles. The van der Waals surface area contributed by atoms with Gasteiger partial charge in [-0.05, 0) is 29.7 Å². The Labute approximate surface area is 116 Å². The number of hydrogen-bond acceptors (Lipinski definition) is 1. The number of benzene rings is 2. The summed E-state index contributed by atoms with van der Waals surface area (Å²) in [7, 11) is 0. The van der Waals surface area contributed by atoms with Gasteiger partial charge in [-0.1, -0.05) is 59.3 Å². The van der Waals surface area contributed by atoms with E-state index in [2.05, 4.69) is 22.9 Å². The van der Waals surface area contributed by atoms with Gasteiger partial charge in [0.05, 0.1) is 0 Å². The largest absolute Gasteiger partial charge is 0.294 e.